The van der Waals surface area contributed by atoms with Crippen LogP contribution < -0.4 is 5.32 Å². The molecular formula is C58H97NO3. The first-order valence-corrected chi connectivity index (χ1v) is 25.7. The summed E-state index contributed by atoms with van der Waals surface area (Å²) in [6, 6.07) is -0.655. The van der Waals surface area contributed by atoms with Crippen LogP contribution in [0.15, 0.2) is 122 Å². The molecule has 0 aliphatic heterocycles. The highest BCUT2D eigenvalue weighted by Crippen LogP contribution is 2.14. The van der Waals surface area contributed by atoms with E-state index in [4.69, 9.17) is 0 Å². The zero-order valence-electron chi connectivity index (χ0n) is 40.3. The smallest absolute Gasteiger partial charge is 0.220 e. The van der Waals surface area contributed by atoms with Gasteiger partial charge < -0.3 is 15.5 Å². The average Bonchev–Trinajstić information content (AvgIpc) is 3.28. The van der Waals surface area contributed by atoms with Gasteiger partial charge in [0.15, 0.2) is 0 Å². The number of hydrogen-bond acceptors (Lipinski definition) is 3. The summed E-state index contributed by atoms with van der Waals surface area (Å²) in [5.74, 6) is -0.0868. The summed E-state index contributed by atoms with van der Waals surface area (Å²) >= 11 is 0. The lowest BCUT2D eigenvalue weighted by Gasteiger charge is -2.19. The summed E-state index contributed by atoms with van der Waals surface area (Å²) in [6.45, 7) is 4.16. The van der Waals surface area contributed by atoms with Crippen molar-refractivity contribution in [2.75, 3.05) is 6.61 Å². The summed E-state index contributed by atoms with van der Waals surface area (Å²) in [4.78, 5) is 12.4. The highest BCUT2D eigenvalue weighted by atomic mass is 16.3. The number of unbranched alkanes of at least 4 members (excludes halogenated alkanes) is 20. The van der Waals surface area contributed by atoms with E-state index in [1.807, 2.05) is 6.08 Å². The standard InChI is InChI=1S/C58H97NO3/c1-3-5-7-9-11-13-15-17-19-21-22-23-24-25-26-27-28-29-30-31-32-33-34-35-36-38-40-42-44-46-48-50-52-54-58(62)59-56(55-60)57(61)53-51-49-47-45-43-41-39-37-20-18-16-14-12-10-8-6-4-2/h5,7,11,13,17,19-20,22-23,25-26,28-29,31-32,37,43,45,51,53,56-57,60-61H,3-4,6,8-10,12,14-16,18,21,24,27,30,33-36,38-42,44,46-50,52,54-55H2,1-2H3,(H,59,62)/b7-5-,13-11-,19-17-,23-22-,26-25-,29-28-,32-31-,37-20+,45-43+,53-51+. The van der Waals surface area contributed by atoms with Gasteiger partial charge in [0.1, 0.15) is 0 Å². The topological polar surface area (TPSA) is 69.6 Å². The van der Waals surface area contributed by atoms with Gasteiger partial charge in [-0.25, -0.2) is 0 Å². The zero-order valence-corrected chi connectivity index (χ0v) is 40.3. The number of carbonyl (C=O) groups is 1. The van der Waals surface area contributed by atoms with Crippen LogP contribution in [-0.4, -0.2) is 34.9 Å². The molecule has 0 bridgehead atoms. The Hall–Kier alpha value is -3.21. The van der Waals surface area contributed by atoms with Crippen LogP contribution in [0, 0.1) is 0 Å². The molecule has 0 aromatic heterocycles. The van der Waals surface area contributed by atoms with E-state index >= 15 is 0 Å². The Morgan fingerprint density at radius 2 is 0.726 bits per heavy atom. The van der Waals surface area contributed by atoms with E-state index in [-0.39, 0.29) is 12.5 Å². The molecule has 4 heteroatoms. The molecule has 2 atom stereocenters. The van der Waals surface area contributed by atoms with Crippen molar-refractivity contribution >= 4 is 5.91 Å². The quantitative estimate of drug-likeness (QED) is 0.0422. The van der Waals surface area contributed by atoms with Crippen LogP contribution in [0.25, 0.3) is 0 Å². The second-order valence-electron chi connectivity index (χ2n) is 16.8. The van der Waals surface area contributed by atoms with Gasteiger partial charge in [-0.15, -0.1) is 0 Å². The summed E-state index contributed by atoms with van der Waals surface area (Å²) < 4.78 is 0. The molecule has 352 valence electrons. The van der Waals surface area contributed by atoms with Crippen LogP contribution in [-0.2, 0) is 4.79 Å². The monoisotopic (exact) mass is 856 g/mol. The lowest BCUT2D eigenvalue weighted by atomic mass is 10.0. The third-order valence-electron chi connectivity index (χ3n) is 10.9. The maximum atomic E-state index is 12.4. The Labute approximate surface area is 384 Å². The lowest BCUT2D eigenvalue weighted by Crippen LogP contribution is -2.45. The number of amides is 1. The Morgan fingerprint density at radius 3 is 1.13 bits per heavy atom. The highest BCUT2D eigenvalue weighted by molar-refractivity contribution is 5.76. The Kier molecular flexibility index (Phi) is 49.4. The van der Waals surface area contributed by atoms with Gasteiger partial charge >= 0.3 is 0 Å². The second kappa shape index (κ2) is 52.1. The number of carbonyl (C=O) groups excluding carboxylic acids is 1. The Bertz CT molecular complexity index is 1240. The minimum absolute atomic E-state index is 0.0868. The van der Waals surface area contributed by atoms with Gasteiger partial charge in [0.25, 0.3) is 0 Å². The van der Waals surface area contributed by atoms with Gasteiger partial charge in [0, 0.05) is 6.42 Å². The van der Waals surface area contributed by atoms with Crippen LogP contribution in [0.2, 0.25) is 0 Å². The minimum Gasteiger partial charge on any atom is -0.394 e. The van der Waals surface area contributed by atoms with Crippen molar-refractivity contribution in [3.8, 4) is 0 Å². The van der Waals surface area contributed by atoms with Crippen LogP contribution >= 0.6 is 0 Å². The number of allylic oxidation sites excluding steroid dienone is 19. The molecule has 0 fully saturated rings. The van der Waals surface area contributed by atoms with Gasteiger partial charge in [-0.3, -0.25) is 4.79 Å². The van der Waals surface area contributed by atoms with Crippen molar-refractivity contribution in [2.24, 2.45) is 0 Å². The van der Waals surface area contributed by atoms with E-state index in [1.54, 1.807) is 6.08 Å². The minimum atomic E-state index is -0.879. The van der Waals surface area contributed by atoms with Crippen molar-refractivity contribution < 1.29 is 15.0 Å². The largest absolute Gasteiger partial charge is 0.394 e. The molecule has 4 nitrogen and oxygen atoms in total. The van der Waals surface area contributed by atoms with Gasteiger partial charge in [-0.05, 0) is 103 Å². The first-order chi connectivity index (χ1) is 30.7. The molecule has 3 N–H and O–H groups in total. The first-order valence-electron chi connectivity index (χ1n) is 25.7. The van der Waals surface area contributed by atoms with Crippen molar-refractivity contribution in [3.63, 3.8) is 0 Å². The van der Waals surface area contributed by atoms with Crippen LogP contribution in [0.5, 0.6) is 0 Å². The molecule has 0 radical (unpaired) electrons. The molecular weight excluding hydrogens is 759 g/mol. The van der Waals surface area contributed by atoms with E-state index < -0.39 is 12.1 Å². The number of aliphatic hydroxyl groups is 2. The Balaban J connectivity index is 3.64. The summed E-state index contributed by atoms with van der Waals surface area (Å²) in [5, 5.41) is 23.1. The molecule has 0 aromatic rings. The summed E-state index contributed by atoms with van der Waals surface area (Å²) in [7, 11) is 0. The van der Waals surface area contributed by atoms with E-state index in [2.05, 4.69) is 129 Å². The normalized spacial score (nSPS) is 13.9. The molecule has 0 heterocycles. The van der Waals surface area contributed by atoms with E-state index in [9.17, 15) is 15.0 Å². The highest BCUT2D eigenvalue weighted by Gasteiger charge is 2.17. The molecule has 1 amide bonds. The van der Waals surface area contributed by atoms with Crippen molar-refractivity contribution in [3.05, 3.63) is 122 Å². The number of nitrogens with one attached hydrogen (secondary N) is 1. The molecule has 0 saturated carbocycles. The zero-order chi connectivity index (χ0) is 44.9. The molecule has 0 aliphatic carbocycles. The van der Waals surface area contributed by atoms with Gasteiger partial charge in [-0.2, -0.15) is 0 Å². The van der Waals surface area contributed by atoms with Crippen molar-refractivity contribution in [2.45, 2.75) is 231 Å². The maximum absolute atomic E-state index is 12.4. The molecule has 0 rings (SSSR count). The number of aliphatic hydroxyl groups excluding tert-OH is 2. The van der Waals surface area contributed by atoms with Gasteiger partial charge in [0.05, 0.1) is 18.8 Å². The average molecular weight is 856 g/mol. The third kappa shape index (κ3) is 47.8. The van der Waals surface area contributed by atoms with E-state index in [0.717, 1.165) is 89.9 Å². The number of hydrogen-bond donors (Lipinski definition) is 3. The summed E-state index contributed by atoms with van der Waals surface area (Å²) in [5.41, 5.74) is 0. The fourth-order valence-corrected chi connectivity index (χ4v) is 7.01. The van der Waals surface area contributed by atoms with Gasteiger partial charge in [0.2, 0.25) is 5.91 Å². The number of rotatable bonds is 45. The molecule has 0 spiro atoms. The van der Waals surface area contributed by atoms with Crippen LogP contribution in [0.1, 0.15) is 219 Å². The molecule has 0 aromatic carbocycles. The third-order valence-corrected chi connectivity index (χ3v) is 10.9. The molecule has 2 unspecified atom stereocenters. The van der Waals surface area contributed by atoms with Gasteiger partial charge in [-0.1, -0.05) is 232 Å². The molecule has 0 aliphatic rings. The molecule has 0 saturated heterocycles. The second-order valence-corrected chi connectivity index (χ2v) is 16.8. The fraction of sp³-hybridized carbons (Fsp3) is 0.638. The first kappa shape index (κ1) is 58.8. The van der Waals surface area contributed by atoms with Crippen molar-refractivity contribution in [1.29, 1.82) is 0 Å². The van der Waals surface area contributed by atoms with E-state index in [0.29, 0.717) is 6.42 Å². The summed E-state index contributed by atoms with van der Waals surface area (Å²) in [6.07, 6.45) is 80.4. The van der Waals surface area contributed by atoms with Crippen LogP contribution in [0.4, 0.5) is 0 Å². The SMILES string of the molecule is CC/C=C\C/C=C\C/C=C\C/C=C\C/C=C\C/C=C\C/C=C\CCCCCCCCCCCCCC(=O)NC(CO)C(O)/C=C/CC/C=C/CC/C=C/CCCCCCCCC. The van der Waals surface area contributed by atoms with Crippen LogP contribution in [0.3, 0.4) is 0 Å². The van der Waals surface area contributed by atoms with E-state index in [1.165, 1.54) is 109 Å². The molecule has 62 heavy (non-hydrogen) atoms. The maximum Gasteiger partial charge on any atom is 0.220 e. The predicted molar refractivity (Wildman–Crippen MR) is 276 cm³/mol. The Morgan fingerprint density at radius 1 is 0.403 bits per heavy atom. The predicted octanol–water partition coefficient (Wildman–Crippen LogP) is 16.9. The van der Waals surface area contributed by atoms with Crippen molar-refractivity contribution in [1.82, 2.24) is 5.32 Å². The lowest BCUT2D eigenvalue weighted by molar-refractivity contribution is -0.123. The fourth-order valence-electron chi connectivity index (χ4n) is 7.01.